The Hall–Kier alpha value is -3.43. The second-order valence-electron chi connectivity index (χ2n) is 11.2. The highest BCUT2D eigenvalue weighted by Crippen LogP contribution is 2.35. The Labute approximate surface area is 282 Å². The number of carbonyl (C=O) groups is 1. The van der Waals surface area contributed by atoms with Gasteiger partial charge in [0, 0.05) is 62.1 Å². The highest BCUT2D eigenvalue weighted by Gasteiger charge is 2.25. The summed E-state index contributed by atoms with van der Waals surface area (Å²) < 4.78 is 13.6. The van der Waals surface area contributed by atoms with E-state index in [2.05, 4.69) is 22.8 Å². The third-order valence-electron chi connectivity index (χ3n) is 8.39. The van der Waals surface area contributed by atoms with Crippen molar-refractivity contribution in [1.29, 1.82) is 0 Å². The van der Waals surface area contributed by atoms with E-state index in [0.29, 0.717) is 31.2 Å². The molecular formula is C34H40Cl3N5O3. The first kappa shape index (κ1) is 34.4. The number of amides is 1. The van der Waals surface area contributed by atoms with Crippen LogP contribution in [0.15, 0.2) is 66.7 Å². The first-order chi connectivity index (χ1) is 20.9. The number of benzene rings is 3. The normalized spacial score (nSPS) is 14.4. The van der Waals surface area contributed by atoms with Gasteiger partial charge < -0.3 is 19.3 Å². The third kappa shape index (κ3) is 7.36. The van der Waals surface area contributed by atoms with E-state index >= 15 is 0 Å². The molecule has 0 unspecified atom stereocenters. The summed E-state index contributed by atoms with van der Waals surface area (Å²) in [5, 5.41) is 0.815. The molecule has 3 heterocycles. The molecule has 11 heteroatoms. The van der Waals surface area contributed by atoms with Crippen molar-refractivity contribution in [3.05, 3.63) is 88.7 Å². The predicted octanol–water partition coefficient (Wildman–Crippen LogP) is 6.71. The first-order valence-corrected chi connectivity index (χ1v) is 15.3. The van der Waals surface area contributed by atoms with Crippen LogP contribution in [0.5, 0.6) is 11.5 Å². The van der Waals surface area contributed by atoms with Gasteiger partial charge in [0.15, 0.2) is 11.5 Å². The molecule has 0 atom stereocenters. The highest BCUT2D eigenvalue weighted by atomic mass is 35.5. The standard InChI is InChI=1S/C34H38ClN5O3.2ClH/c1-24-28(35)11-7-12-29(24)39-19-17-38(18-20-39)16-8-15-37(3)34(41)32-25(2)40(33(36-32)26-9-5-4-6-10-26)27-13-14-30-31(23-27)43-22-21-42-30;;/h4-7,9-14,23H,8,15-22H2,1-3H3;2*1H. The number of rotatable bonds is 8. The monoisotopic (exact) mass is 671 g/mol. The third-order valence-corrected chi connectivity index (χ3v) is 8.80. The van der Waals surface area contributed by atoms with Gasteiger partial charge in [-0.2, -0.15) is 0 Å². The van der Waals surface area contributed by atoms with Gasteiger partial charge in [-0.3, -0.25) is 14.3 Å². The molecule has 3 aromatic carbocycles. The SMILES string of the molecule is Cc1c(Cl)cccc1N1CCN(CCCN(C)C(=O)c2nc(-c3ccccc3)n(-c3ccc4c(c3)OCCO4)c2C)CC1.Cl.Cl. The summed E-state index contributed by atoms with van der Waals surface area (Å²) in [6.45, 7) is 10.6. The Bertz CT molecular complexity index is 1610. The van der Waals surface area contributed by atoms with Crippen molar-refractivity contribution in [1.82, 2.24) is 19.4 Å². The Morgan fingerprint density at radius 2 is 1.62 bits per heavy atom. The smallest absolute Gasteiger partial charge is 0.274 e. The van der Waals surface area contributed by atoms with Gasteiger partial charge in [-0.05, 0) is 56.6 Å². The lowest BCUT2D eigenvalue weighted by Crippen LogP contribution is -2.47. The molecule has 0 aliphatic carbocycles. The number of hydrogen-bond donors (Lipinski definition) is 0. The zero-order chi connectivity index (χ0) is 29.9. The maximum atomic E-state index is 13.7. The van der Waals surface area contributed by atoms with Crippen LogP contribution < -0.4 is 14.4 Å². The van der Waals surface area contributed by atoms with E-state index in [4.69, 9.17) is 26.1 Å². The Morgan fingerprint density at radius 1 is 0.911 bits per heavy atom. The van der Waals surface area contributed by atoms with E-state index < -0.39 is 0 Å². The quantitative estimate of drug-likeness (QED) is 0.208. The molecule has 0 bridgehead atoms. The van der Waals surface area contributed by atoms with Crippen LogP contribution in [0.25, 0.3) is 17.1 Å². The number of imidazole rings is 1. The lowest BCUT2D eigenvalue weighted by molar-refractivity contribution is 0.0782. The first-order valence-electron chi connectivity index (χ1n) is 14.9. The van der Waals surface area contributed by atoms with Gasteiger partial charge in [-0.25, -0.2) is 4.98 Å². The minimum Gasteiger partial charge on any atom is -0.486 e. The number of fused-ring (bicyclic) bond motifs is 1. The molecule has 1 fully saturated rings. The molecule has 240 valence electrons. The van der Waals surface area contributed by atoms with Crippen LogP contribution in [0.3, 0.4) is 0 Å². The number of piperazine rings is 1. The number of hydrogen-bond acceptors (Lipinski definition) is 6. The molecule has 45 heavy (non-hydrogen) atoms. The van der Waals surface area contributed by atoms with Crippen LogP contribution in [-0.4, -0.2) is 84.8 Å². The summed E-state index contributed by atoms with van der Waals surface area (Å²) in [5.41, 5.74) is 5.43. The van der Waals surface area contributed by atoms with Gasteiger partial charge in [0.2, 0.25) is 0 Å². The van der Waals surface area contributed by atoms with E-state index in [9.17, 15) is 4.79 Å². The Kier molecular flexibility index (Phi) is 11.7. The number of carbonyl (C=O) groups excluding carboxylic acids is 1. The van der Waals surface area contributed by atoms with Gasteiger partial charge in [0.25, 0.3) is 5.91 Å². The van der Waals surface area contributed by atoms with Crippen molar-refractivity contribution >= 4 is 48.0 Å². The van der Waals surface area contributed by atoms with Crippen molar-refractivity contribution in [2.24, 2.45) is 0 Å². The van der Waals surface area contributed by atoms with Crippen LogP contribution in [0.1, 0.15) is 28.2 Å². The molecule has 0 N–H and O–H groups in total. The molecule has 4 aromatic rings. The van der Waals surface area contributed by atoms with E-state index in [1.165, 1.54) is 5.69 Å². The molecule has 6 rings (SSSR count). The second-order valence-corrected chi connectivity index (χ2v) is 11.6. The number of nitrogens with zero attached hydrogens (tertiary/aromatic N) is 5. The lowest BCUT2D eigenvalue weighted by atomic mass is 10.1. The molecule has 1 saturated heterocycles. The second kappa shape index (κ2) is 15.2. The molecule has 0 saturated carbocycles. The maximum absolute atomic E-state index is 13.7. The summed E-state index contributed by atoms with van der Waals surface area (Å²) in [4.78, 5) is 25.3. The predicted molar refractivity (Wildman–Crippen MR) is 186 cm³/mol. The summed E-state index contributed by atoms with van der Waals surface area (Å²) in [7, 11) is 1.87. The minimum absolute atomic E-state index is 0. The summed E-state index contributed by atoms with van der Waals surface area (Å²) >= 11 is 6.35. The fourth-order valence-electron chi connectivity index (χ4n) is 5.94. The minimum atomic E-state index is -0.0766. The number of anilines is 1. The molecular weight excluding hydrogens is 633 g/mol. The van der Waals surface area contributed by atoms with Gasteiger partial charge in [0.1, 0.15) is 24.7 Å². The number of halogens is 3. The van der Waals surface area contributed by atoms with Gasteiger partial charge >= 0.3 is 0 Å². The molecule has 2 aliphatic rings. The van der Waals surface area contributed by atoms with Crippen LogP contribution in [0, 0.1) is 13.8 Å². The molecule has 0 spiro atoms. The lowest BCUT2D eigenvalue weighted by Gasteiger charge is -2.37. The summed E-state index contributed by atoms with van der Waals surface area (Å²) in [6.07, 6.45) is 0.895. The van der Waals surface area contributed by atoms with E-state index in [0.717, 1.165) is 78.2 Å². The molecule has 2 aliphatic heterocycles. The van der Waals surface area contributed by atoms with Crippen molar-refractivity contribution in [3.8, 4) is 28.6 Å². The van der Waals surface area contributed by atoms with Gasteiger partial charge in [-0.1, -0.05) is 48.0 Å². The topological polar surface area (TPSA) is 63.1 Å². The molecule has 0 radical (unpaired) electrons. The van der Waals surface area contributed by atoms with Crippen molar-refractivity contribution in [2.75, 3.05) is 64.4 Å². The molecule has 1 amide bonds. The van der Waals surface area contributed by atoms with Crippen LogP contribution in [-0.2, 0) is 0 Å². The zero-order valence-electron chi connectivity index (χ0n) is 25.9. The average molecular weight is 673 g/mol. The van der Waals surface area contributed by atoms with E-state index in [1.54, 1.807) is 4.90 Å². The van der Waals surface area contributed by atoms with E-state index in [1.807, 2.05) is 79.2 Å². The van der Waals surface area contributed by atoms with E-state index in [-0.39, 0.29) is 30.7 Å². The van der Waals surface area contributed by atoms with Crippen molar-refractivity contribution in [3.63, 3.8) is 0 Å². The molecule has 8 nitrogen and oxygen atoms in total. The van der Waals surface area contributed by atoms with Crippen LogP contribution >= 0.6 is 36.4 Å². The number of aromatic nitrogens is 2. The average Bonchev–Trinajstić information content (AvgIpc) is 3.39. The summed E-state index contributed by atoms with van der Waals surface area (Å²) in [5.74, 6) is 2.07. The van der Waals surface area contributed by atoms with Crippen molar-refractivity contribution < 1.29 is 14.3 Å². The van der Waals surface area contributed by atoms with Crippen molar-refractivity contribution in [2.45, 2.75) is 20.3 Å². The molecule has 1 aromatic heterocycles. The largest absolute Gasteiger partial charge is 0.486 e. The van der Waals surface area contributed by atoms with Gasteiger partial charge in [-0.15, -0.1) is 24.8 Å². The Balaban J connectivity index is 0.00000230. The Morgan fingerprint density at radius 3 is 2.36 bits per heavy atom. The van der Waals surface area contributed by atoms with Gasteiger partial charge in [0.05, 0.1) is 11.4 Å². The summed E-state index contributed by atoms with van der Waals surface area (Å²) in [6, 6.07) is 22.0. The van der Waals surface area contributed by atoms with Crippen LogP contribution in [0.4, 0.5) is 5.69 Å². The highest BCUT2D eigenvalue weighted by molar-refractivity contribution is 6.31. The fraction of sp³-hybridized carbons (Fsp3) is 0.353. The zero-order valence-corrected chi connectivity index (χ0v) is 28.3. The fourth-order valence-corrected chi connectivity index (χ4v) is 6.11. The number of ether oxygens (including phenoxy) is 2. The van der Waals surface area contributed by atoms with Crippen LogP contribution in [0.2, 0.25) is 5.02 Å². The maximum Gasteiger partial charge on any atom is 0.274 e.